The van der Waals surface area contributed by atoms with Crippen LogP contribution < -0.4 is 10.2 Å². The van der Waals surface area contributed by atoms with Crippen molar-refractivity contribution in [1.29, 1.82) is 0 Å². The van der Waals surface area contributed by atoms with Gasteiger partial charge in [-0.15, -0.1) is 0 Å². The molecule has 0 radical (unpaired) electrons. The maximum Gasteiger partial charge on any atom is 0.0642 e. The van der Waals surface area contributed by atoms with Crippen molar-refractivity contribution in [2.45, 2.75) is 39.8 Å². The molecule has 4 heteroatoms. The molecule has 2 N–H and O–H groups in total. The monoisotopic (exact) mass is 284 g/mol. The SMILES string of the molecule is CCN(CCCO)c1c(Cl)cccc1CNC(C)C. The van der Waals surface area contributed by atoms with Gasteiger partial charge in [-0.05, 0) is 25.0 Å². The Morgan fingerprint density at radius 3 is 2.68 bits per heavy atom. The predicted octanol–water partition coefficient (Wildman–Crippen LogP) is 3.05. The van der Waals surface area contributed by atoms with E-state index in [0.717, 1.165) is 36.8 Å². The number of nitrogens with zero attached hydrogens (tertiary/aromatic N) is 1. The third-order valence-electron chi connectivity index (χ3n) is 3.06. The van der Waals surface area contributed by atoms with E-state index in [1.165, 1.54) is 5.56 Å². The van der Waals surface area contributed by atoms with Gasteiger partial charge in [0.05, 0.1) is 10.7 Å². The first-order valence-corrected chi connectivity index (χ1v) is 7.34. The number of hydrogen-bond donors (Lipinski definition) is 2. The smallest absolute Gasteiger partial charge is 0.0642 e. The zero-order valence-electron chi connectivity index (χ0n) is 12.1. The molecule has 0 spiro atoms. The highest BCUT2D eigenvalue weighted by atomic mass is 35.5. The molecule has 0 aliphatic heterocycles. The Balaban J connectivity index is 2.94. The van der Waals surface area contributed by atoms with Crippen LogP contribution in [0.1, 0.15) is 32.8 Å². The fourth-order valence-corrected chi connectivity index (χ4v) is 2.37. The molecule has 1 aromatic rings. The molecule has 0 amide bonds. The molecule has 0 saturated heterocycles. The number of anilines is 1. The summed E-state index contributed by atoms with van der Waals surface area (Å²) in [6.07, 6.45) is 0.760. The molecule has 0 aromatic heterocycles. The van der Waals surface area contributed by atoms with Crippen molar-refractivity contribution in [1.82, 2.24) is 5.32 Å². The summed E-state index contributed by atoms with van der Waals surface area (Å²) in [6, 6.07) is 6.47. The number of halogens is 1. The zero-order valence-corrected chi connectivity index (χ0v) is 12.9. The van der Waals surface area contributed by atoms with Crippen LogP contribution >= 0.6 is 11.6 Å². The second-order valence-electron chi connectivity index (χ2n) is 4.94. The quantitative estimate of drug-likeness (QED) is 0.770. The minimum absolute atomic E-state index is 0.209. The second-order valence-corrected chi connectivity index (χ2v) is 5.35. The Morgan fingerprint density at radius 2 is 2.11 bits per heavy atom. The Hall–Kier alpha value is -0.770. The van der Waals surface area contributed by atoms with Crippen molar-refractivity contribution in [2.24, 2.45) is 0 Å². The van der Waals surface area contributed by atoms with E-state index in [-0.39, 0.29) is 6.61 Å². The lowest BCUT2D eigenvalue weighted by Crippen LogP contribution is -2.28. The molecule has 1 aromatic carbocycles. The maximum absolute atomic E-state index is 9.00. The van der Waals surface area contributed by atoms with Gasteiger partial charge in [-0.1, -0.05) is 37.6 Å². The summed E-state index contributed by atoms with van der Waals surface area (Å²) in [5.41, 5.74) is 2.30. The summed E-state index contributed by atoms with van der Waals surface area (Å²) in [7, 11) is 0. The number of benzene rings is 1. The van der Waals surface area contributed by atoms with Gasteiger partial charge in [-0.2, -0.15) is 0 Å². The van der Waals surface area contributed by atoms with Crippen LogP contribution in [-0.2, 0) is 6.54 Å². The van der Waals surface area contributed by atoms with Gasteiger partial charge in [0.15, 0.2) is 0 Å². The van der Waals surface area contributed by atoms with Gasteiger partial charge in [-0.25, -0.2) is 0 Å². The fraction of sp³-hybridized carbons (Fsp3) is 0.600. The van der Waals surface area contributed by atoms with Crippen LogP contribution in [0.4, 0.5) is 5.69 Å². The van der Waals surface area contributed by atoms with Gasteiger partial charge in [0.1, 0.15) is 0 Å². The third kappa shape index (κ3) is 5.01. The van der Waals surface area contributed by atoms with Gasteiger partial charge in [0.2, 0.25) is 0 Å². The lowest BCUT2D eigenvalue weighted by molar-refractivity contribution is 0.289. The molecule has 0 aliphatic rings. The molecule has 108 valence electrons. The van der Waals surface area contributed by atoms with Crippen LogP contribution in [0.15, 0.2) is 18.2 Å². The standard InChI is InChI=1S/C15H25ClN2O/c1-4-18(9-6-10-19)15-13(11-17-12(2)3)7-5-8-14(15)16/h5,7-8,12,17,19H,4,6,9-11H2,1-3H3. The Morgan fingerprint density at radius 1 is 1.37 bits per heavy atom. The first-order valence-electron chi connectivity index (χ1n) is 6.96. The van der Waals surface area contributed by atoms with E-state index in [1.54, 1.807) is 0 Å². The number of aliphatic hydroxyl groups excluding tert-OH is 1. The number of nitrogens with one attached hydrogen (secondary N) is 1. The summed E-state index contributed by atoms with van der Waals surface area (Å²) < 4.78 is 0. The van der Waals surface area contributed by atoms with Crippen molar-refractivity contribution in [3.05, 3.63) is 28.8 Å². The van der Waals surface area contributed by atoms with E-state index in [4.69, 9.17) is 16.7 Å². The maximum atomic E-state index is 9.00. The minimum atomic E-state index is 0.209. The molecular weight excluding hydrogens is 260 g/mol. The molecular formula is C15H25ClN2O. The molecule has 0 heterocycles. The van der Waals surface area contributed by atoms with E-state index >= 15 is 0 Å². The largest absolute Gasteiger partial charge is 0.396 e. The topological polar surface area (TPSA) is 35.5 Å². The van der Waals surface area contributed by atoms with Crippen LogP contribution in [0, 0.1) is 0 Å². The van der Waals surface area contributed by atoms with E-state index < -0.39 is 0 Å². The zero-order chi connectivity index (χ0) is 14.3. The summed E-state index contributed by atoms with van der Waals surface area (Å²) in [6.45, 7) is 9.11. The molecule has 1 rings (SSSR count). The number of hydrogen-bond acceptors (Lipinski definition) is 3. The fourth-order valence-electron chi connectivity index (χ4n) is 2.06. The highest BCUT2D eigenvalue weighted by molar-refractivity contribution is 6.33. The second kappa shape index (κ2) is 8.41. The molecule has 19 heavy (non-hydrogen) atoms. The third-order valence-corrected chi connectivity index (χ3v) is 3.36. The van der Waals surface area contributed by atoms with E-state index in [1.807, 2.05) is 12.1 Å². The normalized spacial score (nSPS) is 11.1. The lowest BCUT2D eigenvalue weighted by Gasteiger charge is -2.27. The molecule has 0 aliphatic carbocycles. The first-order chi connectivity index (χ1) is 9.10. The highest BCUT2D eigenvalue weighted by Crippen LogP contribution is 2.30. The van der Waals surface area contributed by atoms with Crippen LogP contribution in [0.5, 0.6) is 0 Å². The summed E-state index contributed by atoms with van der Waals surface area (Å²) >= 11 is 6.37. The Bertz CT molecular complexity index is 382. The molecule has 0 bridgehead atoms. The number of aliphatic hydroxyl groups is 1. The van der Waals surface area contributed by atoms with Crippen molar-refractivity contribution in [3.8, 4) is 0 Å². The molecule has 0 fully saturated rings. The summed E-state index contributed by atoms with van der Waals surface area (Å²) in [4.78, 5) is 2.23. The van der Waals surface area contributed by atoms with Gasteiger partial charge < -0.3 is 15.3 Å². The van der Waals surface area contributed by atoms with Crippen molar-refractivity contribution >= 4 is 17.3 Å². The number of rotatable bonds is 8. The van der Waals surface area contributed by atoms with Crippen LogP contribution in [0.25, 0.3) is 0 Å². The number of para-hydroxylation sites is 1. The Kier molecular flexibility index (Phi) is 7.21. The molecule has 0 saturated carbocycles. The minimum Gasteiger partial charge on any atom is -0.396 e. The van der Waals surface area contributed by atoms with Gasteiger partial charge in [0, 0.05) is 32.3 Å². The van der Waals surface area contributed by atoms with E-state index in [2.05, 4.69) is 37.1 Å². The molecule has 3 nitrogen and oxygen atoms in total. The van der Waals surface area contributed by atoms with Crippen molar-refractivity contribution in [3.63, 3.8) is 0 Å². The summed E-state index contributed by atoms with van der Waals surface area (Å²) in [5.74, 6) is 0. The van der Waals surface area contributed by atoms with E-state index in [9.17, 15) is 0 Å². The van der Waals surface area contributed by atoms with Crippen LogP contribution in [0.3, 0.4) is 0 Å². The van der Waals surface area contributed by atoms with Gasteiger partial charge in [-0.3, -0.25) is 0 Å². The van der Waals surface area contributed by atoms with Crippen molar-refractivity contribution in [2.75, 3.05) is 24.6 Å². The predicted molar refractivity (Wildman–Crippen MR) is 83.0 cm³/mol. The van der Waals surface area contributed by atoms with Crippen molar-refractivity contribution < 1.29 is 5.11 Å². The average molecular weight is 285 g/mol. The van der Waals surface area contributed by atoms with Gasteiger partial charge in [0.25, 0.3) is 0 Å². The lowest BCUT2D eigenvalue weighted by atomic mass is 10.1. The Labute approximate surface area is 121 Å². The van der Waals surface area contributed by atoms with E-state index in [0.29, 0.717) is 6.04 Å². The molecule has 0 atom stereocenters. The molecule has 0 unspecified atom stereocenters. The average Bonchev–Trinajstić information content (AvgIpc) is 2.39. The van der Waals surface area contributed by atoms with Crippen LogP contribution in [0.2, 0.25) is 5.02 Å². The van der Waals surface area contributed by atoms with Gasteiger partial charge >= 0.3 is 0 Å². The first kappa shape index (κ1) is 16.3. The highest BCUT2D eigenvalue weighted by Gasteiger charge is 2.13. The summed E-state index contributed by atoms with van der Waals surface area (Å²) in [5, 5.41) is 13.2. The van der Waals surface area contributed by atoms with Crippen LogP contribution in [-0.4, -0.2) is 30.8 Å².